The Morgan fingerprint density at radius 3 is 2.67 bits per heavy atom. The van der Waals surface area contributed by atoms with Gasteiger partial charge in [0.05, 0.1) is 0 Å². The highest BCUT2D eigenvalue weighted by Crippen LogP contribution is 2.32. The molecule has 1 aromatic rings. The van der Waals surface area contributed by atoms with E-state index >= 15 is 0 Å². The summed E-state index contributed by atoms with van der Waals surface area (Å²) in [7, 11) is 2.07. The van der Waals surface area contributed by atoms with Crippen LogP contribution < -0.4 is 5.32 Å². The van der Waals surface area contributed by atoms with Crippen molar-refractivity contribution >= 4 is 11.3 Å². The van der Waals surface area contributed by atoms with E-state index in [0.29, 0.717) is 6.04 Å². The highest BCUT2D eigenvalue weighted by Gasteiger charge is 2.25. The number of aryl methyl sites for hydroxylation is 1. The van der Waals surface area contributed by atoms with Gasteiger partial charge in [0, 0.05) is 19.3 Å². The summed E-state index contributed by atoms with van der Waals surface area (Å²) in [5.74, 6) is 0.733. The average Bonchev–Trinajstić information content (AvgIpc) is 2.68. The van der Waals surface area contributed by atoms with Crippen molar-refractivity contribution in [1.82, 2.24) is 5.32 Å². The van der Waals surface area contributed by atoms with Crippen molar-refractivity contribution in [2.45, 2.75) is 25.8 Å². The number of ether oxygens (including phenoxy) is 1. The Morgan fingerprint density at radius 1 is 1.40 bits per heavy atom. The standard InChI is InChI=1S/C12H19NOS/c1-9-7-15-8-11(9)12(13-2)10-3-5-14-6-4-10/h7-8,10,12-13H,3-6H2,1-2H3. The van der Waals surface area contributed by atoms with Gasteiger partial charge in [0.15, 0.2) is 0 Å². The first kappa shape index (κ1) is 11.1. The van der Waals surface area contributed by atoms with Crippen molar-refractivity contribution in [3.05, 3.63) is 21.9 Å². The molecule has 0 saturated carbocycles. The molecule has 2 rings (SSSR count). The second-order valence-corrected chi connectivity index (χ2v) is 4.97. The fourth-order valence-electron chi connectivity index (χ4n) is 2.38. The normalized spacial score (nSPS) is 20.4. The summed E-state index contributed by atoms with van der Waals surface area (Å²) in [6.07, 6.45) is 2.36. The minimum absolute atomic E-state index is 0.514. The van der Waals surface area contributed by atoms with Crippen molar-refractivity contribution in [3.63, 3.8) is 0 Å². The van der Waals surface area contributed by atoms with Crippen LogP contribution in [-0.2, 0) is 4.74 Å². The van der Waals surface area contributed by atoms with Crippen molar-refractivity contribution in [2.24, 2.45) is 5.92 Å². The van der Waals surface area contributed by atoms with Crippen molar-refractivity contribution < 1.29 is 4.74 Å². The monoisotopic (exact) mass is 225 g/mol. The van der Waals surface area contributed by atoms with E-state index in [4.69, 9.17) is 4.74 Å². The Labute approximate surface area is 95.6 Å². The molecule has 84 valence electrons. The lowest BCUT2D eigenvalue weighted by Gasteiger charge is -2.30. The lowest BCUT2D eigenvalue weighted by molar-refractivity contribution is 0.0546. The number of thiophene rings is 1. The van der Waals surface area contributed by atoms with E-state index in [9.17, 15) is 0 Å². The first-order chi connectivity index (χ1) is 7.33. The smallest absolute Gasteiger partial charge is 0.0469 e. The Balaban J connectivity index is 2.12. The van der Waals surface area contributed by atoms with Gasteiger partial charge < -0.3 is 10.1 Å². The molecule has 1 aliphatic rings. The van der Waals surface area contributed by atoms with Crippen LogP contribution in [0.3, 0.4) is 0 Å². The van der Waals surface area contributed by atoms with Crippen molar-refractivity contribution in [1.29, 1.82) is 0 Å². The van der Waals surface area contributed by atoms with E-state index in [1.54, 1.807) is 11.3 Å². The zero-order valence-electron chi connectivity index (χ0n) is 9.45. The Kier molecular flexibility index (Phi) is 3.78. The van der Waals surface area contributed by atoms with Crippen LogP contribution in [0.25, 0.3) is 0 Å². The lowest BCUT2D eigenvalue weighted by atomic mass is 9.87. The summed E-state index contributed by atoms with van der Waals surface area (Å²) in [5, 5.41) is 7.98. The fraction of sp³-hybridized carbons (Fsp3) is 0.667. The minimum atomic E-state index is 0.514. The van der Waals surface area contributed by atoms with E-state index in [1.165, 1.54) is 24.0 Å². The van der Waals surface area contributed by atoms with E-state index in [0.717, 1.165) is 19.1 Å². The van der Waals surface area contributed by atoms with Gasteiger partial charge in [0.1, 0.15) is 0 Å². The minimum Gasteiger partial charge on any atom is -0.381 e. The molecule has 1 N–H and O–H groups in total. The number of nitrogens with one attached hydrogen (secondary N) is 1. The van der Waals surface area contributed by atoms with Gasteiger partial charge in [-0.1, -0.05) is 0 Å². The third kappa shape index (κ3) is 2.41. The first-order valence-electron chi connectivity index (χ1n) is 5.60. The predicted octanol–water partition coefficient (Wildman–Crippen LogP) is 2.74. The van der Waals surface area contributed by atoms with Gasteiger partial charge in [0.2, 0.25) is 0 Å². The molecule has 1 aromatic heterocycles. The van der Waals surface area contributed by atoms with Crippen LogP contribution in [0.2, 0.25) is 0 Å². The summed E-state index contributed by atoms with van der Waals surface area (Å²) in [6, 6.07) is 0.514. The molecule has 1 saturated heterocycles. The molecule has 1 aliphatic heterocycles. The fourth-order valence-corrected chi connectivity index (χ4v) is 3.27. The molecule has 3 heteroatoms. The summed E-state index contributed by atoms with van der Waals surface area (Å²) >= 11 is 1.80. The second-order valence-electron chi connectivity index (χ2n) is 4.23. The van der Waals surface area contributed by atoms with Crippen molar-refractivity contribution in [2.75, 3.05) is 20.3 Å². The quantitative estimate of drug-likeness (QED) is 0.854. The van der Waals surface area contributed by atoms with Crippen LogP contribution in [0.4, 0.5) is 0 Å². The zero-order chi connectivity index (χ0) is 10.7. The van der Waals surface area contributed by atoms with E-state index < -0.39 is 0 Å². The highest BCUT2D eigenvalue weighted by atomic mass is 32.1. The maximum absolute atomic E-state index is 5.42. The number of rotatable bonds is 3. The van der Waals surface area contributed by atoms with Gasteiger partial charge in [-0.05, 0) is 54.6 Å². The molecule has 15 heavy (non-hydrogen) atoms. The first-order valence-corrected chi connectivity index (χ1v) is 6.55. The zero-order valence-corrected chi connectivity index (χ0v) is 10.3. The van der Waals surface area contributed by atoms with Gasteiger partial charge in [-0.3, -0.25) is 0 Å². The second kappa shape index (κ2) is 5.10. The van der Waals surface area contributed by atoms with Gasteiger partial charge in [-0.25, -0.2) is 0 Å². The van der Waals surface area contributed by atoms with E-state index in [-0.39, 0.29) is 0 Å². The number of hydrogen-bond acceptors (Lipinski definition) is 3. The van der Waals surface area contributed by atoms with Crippen LogP contribution in [0, 0.1) is 12.8 Å². The molecule has 0 radical (unpaired) electrons. The SMILES string of the molecule is CNC(c1cscc1C)C1CCOCC1. The molecule has 0 bridgehead atoms. The molecule has 0 spiro atoms. The summed E-state index contributed by atoms with van der Waals surface area (Å²) in [5.41, 5.74) is 2.90. The molecule has 1 unspecified atom stereocenters. The third-order valence-corrected chi connectivity index (χ3v) is 4.16. The maximum atomic E-state index is 5.42. The van der Waals surface area contributed by atoms with E-state index in [1.807, 2.05) is 0 Å². The van der Waals surface area contributed by atoms with Crippen LogP contribution in [-0.4, -0.2) is 20.3 Å². The molecule has 1 fully saturated rings. The Hall–Kier alpha value is -0.380. The van der Waals surface area contributed by atoms with Gasteiger partial charge in [-0.2, -0.15) is 11.3 Å². The van der Waals surface area contributed by atoms with Crippen molar-refractivity contribution in [3.8, 4) is 0 Å². The van der Waals surface area contributed by atoms with Crippen LogP contribution in [0.1, 0.15) is 30.0 Å². The van der Waals surface area contributed by atoms with Crippen LogP contribution in [0.5, 0.6) is 0 Å². The van der Waals surface area contributed by atoms with Gasteiger partial charge in [-0.15, -0.1) is 0 Å². The third-order valence-electron chi connectivity index (χ3n) is 3.28. The Bertz CT molecular complexity index is 304. The summed E-state index contributed by atoms with van der Waals surface area (Å²) in [6.45, 7) is 4.05. The average molecular weight is 225 g/mol. The van der Waals surface area contributed by atoms with Crippen LogP contribution >= 0.6 is 11.3 Å². The maximum Gasteiger partial charge on any atom is 0.0469 e. The molecule has 0 aliphatic carbocycles. The lowest BCUT2D eigenvalue weighted by Crippen LogP contribution is -2.30. The number of hydrogen-bond donors (Lipinski definition) is 1. The largest absolute Gasteiger partial charge is 0.381 e. The van der Waals surface area contributed by atoms with Gasteiger partial charge in [0.25, 0.3) is 0 Å². The van der Waals surface area contributed by atoms with E-state index in [2.05, 4.69) is 30.0 Å². The highest BCUT2D eigenvalue weighted by molar-refractivity contribution is 7.08. The van der Waals surface area contributed by atoms with Gasteiger partial charge >= 0.3 is 0 Å². The molecule has 2 nitrogen and oxygen atoms in total. The molecular formula is C12H19NOS. The molecule has 2 heterocycles. The summed E-state index contributed by atoms with van der Waals surface area (Å²) in [4.78, 5) is 0. The predicted molar refractivity (Wildman–Crippen MR) is 64.4 cm³/mol. The van der Waals surface area contributed by atoms with Crippen LogP contribution in [0.15, 0.2) is 10.8 Å². The molecule has 1 atom stereocenters. The Morgan fingerprint density at radius 2 is 2.13 bits per heavy atom. The molecular weight excluding hydrogens is 206 g/mol. The summed E-state index contributed by atoms with van der Waals surface area (Å²) < 4.78 is 5.42. The molecule has 0 aromatic carbocycles. The topological polar surface area (TPSA) is 21.3 Å². The molecule has 0 amide bonds.